The van der Waals surface area contributed by atoms with Crippen LogP contribution >= 0.6 is 0 Å². The van der Waals surface area contributed by atoms with E-state index in [1.165, 1.54) is 0 Å². The molecule has 1 aromatic heterocycles. The number of carbonyl (C=O) groups is 2. The monoisotopic (exact) mass is 435 g/mol. The number of benzene rings is 2. The zero-order valence-corrected chi connectivity index (χ0v) is 18.2. The van der Waals surface area contributed by atoms with Gasteiger partial charge in [-0.25, -0.2) is 4.98 Å². The van der Waals surface area contributed by atoms with Gasteiger partial charge in [0, 0.05) is 18.5 Å². The number of nitrogens with zero attached hydrogens (tertiary/aromatic N) is 3. The molecule has 1 atom stereocenters. The maximum atomic E-state index is 12.7. The highest BCUT2D eigenvalue weighted by Gasteiger charge is 2.36. The summed E-state index contributed by atoms with van der Waals surface area (Å²) in [4.78, 5) is 31.4. The van der Waals surface area contributed by atoms with Crippen molar-refractivity contribution in [1.29, 1.82) is 0 Å². The number of amides is 2. The van der Waals surface area contributed by atoms with Crippen LogP contribution in [0.3, 0.4) is 0 Å². The fourth-order valence-corrected chi connectivity index (χ4v) is 3.69. The number of ether oxygens (including phenoxy) is 2. The Morgan fingerprint density at radius 2 is 1.97 bits per heavy atom. The molecule has 0 aliphatic carbocycles. The fourth-order valence-electron chi connectivity index (χ4n) is 3.69. The molecule has 1 aliphatic rings. The molecule has 0 saturated carbocycles. The number of H-pyrrole nitrogens is 1. The second-order valence-electron chi connectivity index (χ2n) is 7.63. The molecule has 1 fully saturated rings. The summed E-state index contributed by atoms with van der Waals surface area (Å²) < 4.78 is 10.5. The first kappa shape index (κ1) is 21.4. The summed E-state index contributed by atoms with van der Waals surface area (Å²) in [5, 5.41) is 9.90. The van der Waals surface area contributed by atoms with Crippen LogP contribution in [0.5, 0.6) is 11.5 Å². The number of nitrogens with one attached hydrogen (secondary N) is 2. The van der Waals surface area contributed by atoms with Gasteiger partial charge >= 0.3 is 0 Å². The number of rotatable bonds is 7. The van der Waals surface area contributed by atoms with E-state index in [9.17, 15) is 9.59 Å². The molecule has 3 aromatic rings. The van der Waals surface area contributed by atoms with E-state index in [4.69, 9.17) is 9.47 Å². The number of aromatic nitrogens is 3. The standard InChI is InChI=1S/C23H25N5O4/c1-14-4-9-19(32-3)18(10-14)28-13-16(11-21(28)29)23(30)24-12-20-25-22(27-26-20)15-5-7-17(31-2)8-6-15/h4-10,16H,11-13H2,1-3H3,(H,24,30)(H,25,26,27). The van der Waals surface area contributed by atoms with Crippen LogP contribution in [-0.4, -0.2) is 47.8 Å². The molecule has 9 heteroatoms. The molecule has 32 heavy (non-hydrogen) atoms. The third kappa shape index (κ3) is 4.41. The van der Waals surface area contributed by atoms with Crippen molar-refractivity contribution in [2.45, 2.75) is 19.9 Å². The Morgan fingerprint density at radius 3 is 2.69 bits per heavy atom. The second-order valence-corrected chi connectivity index (χ2v) is 7.63. The van der Waals surface area contributed by atoms with Gasteiger partial charge in [0.25, 0.3) is 0 Å². The third-order valence-corrected chi connectivity index (χ3v) is 5.43. The summed E-state index contributed by atoms with van der Waals surface area (Å²) in [6, 6.07) is 13.0. The molecule has 0 radical (unpaired) electrons. The third-order valence-electron chi connectivity index (χ3n) is 5.43. The number of carbonyl (C=O) groups excluding carboxylic acids is 2. The fraction of sp³-hybridized carbons (Fsp3) is 0.304. The van der Waals surface area contributed by atoms with Crippen molar-refractivity contribution in [3.8, 4) is 22.9 Å². The maximum absolute atomic E-state index is 12.7. The van der Waals surface area contributed by atoms with Crippen molar-refractivity contribution < 1.29 is 19.1 Å². The van der Waals surface area contributed by atoms with E-state index in [-0.39, 0.29) is 24.8 Å². The van der Waals surface area contributed by atoms with Gasteiger partial charge in [-0.2, -0.15) is 5.10 Å². The lowest BCUT2D eigenvalue weighted by molar-refractivity contribution is -0.126. The average molecular weight is 435 g/mol. The van der Waals surface area contributed by atoms with Crippen molar-refractivity contribution in [2.24, 2.45) is 5.92 Å². The molecule has 9 nitrogen and oxygen atoms in total. The predicted molar refractivity (Wildman–Crippen MR) is 118 cm³/mol. The number of aryl methyl sites for hydroxylation is 1. The molecule has 1 aliphatic heterocycles. The SMILES string of the molecule is COc1ccc(-c2n[nH]c(CNC(=O)C3CC(=O)N(c4cc(C)ccc4OC)C3)n2)cc1. The lowest BCUT2D eigenvalue weighted by atomic mass is 10.1. The van der Waals surface area contributed by atoms with Gasteiger partial charge < -0.3 is 19.7 Å². The predicted octanol–water partition coefficient (Wildman–Crippen LogP) is 2.47. The first-order valence-electron chi connectivity index (χ1n) is 10.3. The van der Waals surface area contributed by atoms with E-state index in [0.29, 0.717) is 29.6 Å². The normalized spacial score (nSPS) is 15.7. The van der Waals surface area contributed by atoms with Crippen molar-refractivity contribution in [3.63, 3.8) is 0 Å². The minimum Gasteiger partial charge on any atom is -0.497 e. The number of hydrogen-bond donors (Lipinski definition) is 2. The number of anilines is 1. The van der Waals surface area contributed by atoms with Gasteiger partial charge in [0.2, 0.25) is 11.8 Å². The van der Waals surface area contributed by atoms with Gasteiger partial charge in [0.15, 0.2) is 5.82 Å². The minimum absolute atomic E-state index is 0.101. The molecule has 2 amide bonds. The Balaban J connectivity index is 1.37. The van der Waals surface area contributed by atoms with Gasteiger partial charge in [-0.3, -0.25) is 14.7 Å². The number of aromatic amines is 1. The molecule has 4 rings (SSSR count). The van der Waals surface area contributed by atoms with Gasteiger partial charge in [-0.15, -0.1) is 0 Å². The zero-order chi connectivity index (χ0) is 22.7. The van der Waals surface area contributed by atoms with Crippen molar-refractivity contribution in [2.75, 3.05) is 25.7 Å². The Morgan fingerprint density at radius 1 is 1.19 bits per heavy atom. The van der Waals surface area contributed by atoms with E-state index < -0.39 is 5.92 Å². The summed E-state index contributed by atoms with van der Waals surface area (Å²) in [5.74, 6) is 1.68. The van der Waals surface area contributed by atoms with Crippen LogP contribution < -0.4 is 19.7 Å². The van der Waals surface area contributed by atoms with Crippen molar-refractivity contribution in [1.82, 2.24) is 20.5 Å². The van der Waals surface area contributed by atoms with Gasteiger partial charge in [-0.05, 0) is 48.9 Å². The van der Waals surface area contributed by atoms with Crippen molar-refractivity contribution >= 4 is 17.5 Å². The summed E-state index contributed by atoms with van der Waals surface area (Å²) in [6.45, 7) is 2.45. The molecule has 1 unspecified atom stereocenters. The van der Waals surface area contributed by atoms with Crippen LogP contribution in [0.25, 0.3) is 11.4 Å². The van der Waals surface area contributed by atoms with Crippen molar-refractivity contribution in [3.05, 3.63) is 53.9 Å². The first-order valence-corrected chi connectivity index (χ1v) is 10.3. The van der Waals surface area contributed by atoms with Crippen LogP contribution in [0, 0.1) is 12.8 Å². The summed E-state index contributed by atoms with van der Waals surface area (Å²) >= 11 is 0. The maximum Gasteiger partial charge on any atom is 0.227 e. The molecule has 0 spiro atoms. The minimum atomic E-state index is -0.448. The molecule has 0 bridgehead atoms. The highest BCUT2D eigenvalue weighted by molar-refractivity contribution is 6.01. The van der Waals surface area contributed by atoms with Crippen LogP contribution in [0.15, 0.2) is 42.5 Å². The first-order chi connectivity index (χ1) is 15.5. The molecule has 2 aromatic carbocycles. The van der Waals surface area contributed by atoms with E-state index in [2.05, 4.69) is 20.5 Å². The Kier molecular flexibility index (Phi) is 6.07. The Labute approximate surface area is 185 Å². The van der Waals surface area contributed by atoms with Gasteiger partial charge in [-0.1, -0.05) is 6.07 Å². The van der Waals surface area contributed by atoms with Gasteiger partial charge in [0.1, 0.15) is 17.3 Å². The molecule has 2 heterocycles. The number of methoxy groups -OCH3 is 2. The van der Waals surface area contributed by atoms with Gasteiger partial charge in [0.05, 0.1) is 32.4 Å². The van der Waals surface area contributed by atoms with Crippen LogP contribution in [0.2, 0.25) is 0 Å². The van der Waals surface area contributed by atoms with E-state index >= 15 is 0 Å². The Bertz CT molecular complexity index is 1130. The molecule has 166 valence electrons. The Hall–Kier alpha value is -3.88. The van der Waals surface area contributed by atoms with E-state index in [0.717, 1.165) is 16.9 Å². The largest absolute Gasteiger partial charge is 0.497 e. The summed E-state index contributed by atoms with van der Waals surface area (Å²) in [5.41, 5.74) is 2.54. The molecular weight excluding hydrogens is 410 g/mol. The number of hydrogen-bond acceptors (Lipinski definition) is 6. The highest BCUT2D eigenvalue weighted by atomic mass is 16.5. The topological polar surface area (TPSA) is 109 Å². The lowest BCUT2D eigenvalue weighted by Gasteiger charge is -2.20. The second kappa shape index (κ2) is 9.09. The molecule has 1 saturated heterocycles. The quantitative estimate of drug-likeness (QED) is 0.590. The smallest absolute Gasteiger partial charge is 0.227 e. The van der Waals surface area contributed by atoms with Crippen LogP contribution in [0.1, 0.15) is 17.8 Å². The highest BCUT2D eigenvalue weighted by Crippen LogP contribution is 2.34. The summed E-state index contributed by atoms with van der Waals surface area (Å²) in [6.07, 6.45) is 0.149. The summed E-state index contributed by atoms with van der Waals surface area (Å²) in [7, 11) is 3.17. The van der Waals surface area contributed by atoms with E-state index in [1.54, 1.807) is 19.1 Å². The van der Waals surface area contributed by atoms with Crippen LogP contribution in [0.4, 0.5) is 5.69 Å². The molecule has 2 N–H and O–H groups in total. The lowest BCUT2D eigenvalue weighted by Crippen LogP contribution is -2.33. The van der Waals surface area contributed by atoms with E-state index in [1.807, 2.05) is 49.4 Å². The molecular formula is C23H25N5O4. The van der Waals surface area contributed by atoms with Crippen LogP contribution in [-0.2, 0) is 16.1 Å². The average Bonchev–Trinajstić information content (AvgIpc) is 3.44. The zero-order valence-electron chi connectivity index (χ0n) is 18.2.